The number of carbonyl (C=O) groups excluding carboxylic acids is 2. The van der Waals surface area contributed by atoms with Crippen molar-refractivity contribution in [3.05, 3.63) is 40.5 Å². The maximum absolute atomic E-state index is 13.8. The summed E-state index contributed by atoms with van der Waals surface area (Å²) in [6.07, 6.45) is 3.63. The summed E-state index contributed by atoms with van der Waals surface area (Å²) in [5.74, 6) is -0.0191. The molecule has 36 heavy (non-hydrogen) atoms. The molecule has 194 valence electrons. The minimum atomic E-state index is -0.708. The zero-order valence-electron chi connectivity index (χ0n) is 21.2. The molecule has 9 nitrogen and oxygen atoms in total. The van der Waals surface area contributed by atoms with Crippen molar-refractivity contribution in [2.45, 2.75) is 58.2 Å². The predicted octanol–water partition coefficient (Wildman–Crippen LogP) is 3.43. The van der Waals surface area contributed by atoms with Crippen LogP contribution in [0.15, 0.2) is 24.4 Å². The van der Waals surface area contributed by atoms with E-state index in [1.165, 1.54) is 0 Å². The van der Waals surface area contributed by atoms with Gasteiger partial charge in [0.1, 0.15) is 6.04 Å². The molecule has 2 aliphatic rings. The summed E-state index contributed by atoms with van der Waals surface area (Å²) < 4.78 is 5.42. The highest BCUT2D eigenvalue weighted by Crippen LogP contribution is 2.43. The first-order valence-electron chi connectivity index (χ1n) is 12.3. The Labute approximate surface area is 216 Å². The van der Waals surface area contributed by atoms with Gasteiger partial charge < -0.3 is 25.4 Å². The predicted molar refractivity (Wildman–Crippen MR) is 138 cm³/mol. The molecule has 0 spiro atoms. The van der Waals surface area contributed by atoms with Crippen LogP contribution in [0.2, 0.25) is 5.02 Å². The van der Waals surface area contributed by atoms with Gasteiger partial charge in [-0.3, -0.25) is 9.59 Å². The minimum absolute atomic E-state index is 0.112. The molecule has 2 unspecified atom stereocenters. The Morgan fingerprint density at radius 2 is 2.03 bits per heavy atom. The van der Waals surface area contributed by atoms with Crippen LogP contribution in [-0.4, -0.2) is 70.7 Å². The molecular weight excluding hydrogens is 482 g/mol. The van der Waals surface area contributed by atoms with Crippen LogP contribution >= 0.6 is 11.6 Å². The van der Waals surface area contributed by atoms with Gasteiger partial charge in [0.15, 0.2) is 0 Å². The summed E-state index contributed by atoms with van der Waals surface area (Å²) in [7, 11) is 1.57. The fraction of sp³-hybridized carbons (Fsp3) is 0.538. The second-order valence-corrected chi connectivity index (χ2v) is 10.8. The Balaban J connectivity index is 1.71. The van der Waals surface area contributed by atoms with E-state index in [0.717, 1.165) is 18.4 Å². The number of amides is 2. The highest BCUT2D eigenvalue weighted by Gasteiger charge is 2.47. The van der Waals surface area contributed by atoms with Gasteiger partial charge >= 0.3 is 0 Å². The molecule has 2 aromatic rings. The molecule has 1 fully saturated rings. The van der Waals surface area contributed by atoms with Gasteiger partial charge in [-0.25, -0.2) is 9.97 Å². The molecule has 3 N–H and O–H groups in total. The molecule has 1 saturated heterocycles. The van der Waals surface area contributed by atoms with Crippen LogP contribution in [0.4, 0.5) is 5.95 Å². The Morgan fingerprint density at radius 1 is 1.31 bits per heavy atom. The van der Waals surface area contributed by atoms with E-state index >= 15 is 0 Å². The van der Waals surface area contributed by atoms with Crippen LogP contribution in [0.25, 0.3) is 11.3 Å². The van der Waals surface area contributed by atoms with Crippen LogP contribution < -0.4 is 10.6 Å². The van der Waals surface area contributed by atoms with Crippen LogP contribution in [0, 0.1) is 5.41 Å². The number of aliphatic hydroxyl groups excluding tert-OH is 1. The van der Waals surface area contributed by atoms with Crippen molar-refractivity contribution in [2.24, 2.45) is 5.41 Å². The lowest BCUT2D eigenvalue weighted by molar-refractivity contribution is -0.129. The fourth-order valence-electron chi connectivity index (χ4n) is 5.06. The van der Waals surface area contributed by atoms with Crippen molar-refractivity contribution in [1.82, 2.24) is 20.2 Å². The Bertz CT molecular complexity index is 1130. The van der Waals surface area contributed by atoms with Gasteiger partial charge in [-0.15, -0.1) is 0 Å². The van der Waals surface area contributed by atoms with Gasteiger partial charge in [-0.05, 0) is 36.3 Å². The van der Waals surface area contributed by atoms with E-state index in [1.807, 2.05) is 32.9 Å². The molecule has 10 heteroatoms. The normalized spacial score (nSPS) is 19.2. The minimum Gasteiger partial charge on any atom is -0.396 e. The summed E-state index contributed by atoms with van der Waals surface area (Å²) in [6, 6.07) is 4.62. The number of hydrogen-bond acceptors (Lipinski definition) is 7. The van der Waals surface area contributed by atoms with Gasteiger partial charge in [-0.2, -0.15) is 0 Å². The van der Waals surface area contributed by atoms with E-state index in [1.54, 1.807) is 24.2 Å². The molecule has 3 heterocycles. The third-order valence-electron chi connectivity index (χ3n) is 6.78. The van der Waals surface area contributed by atoms with E-state index in [0.29, 0.717) is 47.4 Å². The maximum atomic E-state index is 13.8. The molecular formula is C26H34ClN5O4. The quantitative estimate of drug-likeness (QED) is 0.517. The Kier molecular flexibility index (Phi) is 7.82. The van der Waals surface area contributed by atoms with Crippen molar-refractivity contribution in [3.63, 3.8) is 0 Å². The van der Waals surface area contributed by atoms with Crippen LogP contribution in [0.3, 0.4) is 0 Å². The molecule has 0 saturated carbocycles. The van der Waals surface area contributed by atoms with Crippen molar-refractivity contribution >= 4 is 29.4 Å². The number of nitrogens with one attached hydrogen (secondary N) is 2. The lowest BCUT2D eigenvalue weighted by atomic mass is 9.84. The average Bonchev–Trinajstić information content (AvgIpc) is 3.11. The van der Waals surface area contributed by atoms with Crippen molar-refractivity contribution in [3.8, 4) is 11.3 Å². The number of benzene rings is 1. The smallest absolute Gasteiger partial charge is 0.255 e. The summed E-state index contributed by atoms with van der Waals surface area (Å²) >= 11 is 6.48. The van der Waals surface area contributed by atoms with Gasteiger partial charge in [0.05, 0.1) is 23.0 Å². The molecule has 0 radical (unpaired) electrons. The number of aromatic nitrogens is 2. The topological polar surface area (TPSA) is 117 Å². The number of rotatable bonds is 7. The van der Waals surface area contributed by atoms with Crippen LogP contribution in [0.5, 0.6) is 0 Å². The monoisotopic (exact) mass is 515 g/mol. The van der Waals surface area contributed by atoms with Gasteiger partial charge in [0, 0.05) is 44.0 Å². The molecule has 2 amide bonds. The highest BCUT2D eigenvalue weighted by molar-refractivity contribution is 6.33. The maximum Gasteiger partial charge on any atom is 0.255 e. The third kappa shape index (κ3) is 5.19. The molecule has 1 aromatic heterocycles. The number of fused-ring (bicyclic) bond motifs is 1. The zero-order chi connectivity index (χ0) is 26.0. The fourth-order valence-corrected chi connectivity index (χ4v) is 5.26. The molecule has 1 aromatic carbocycles. The number of aliphatic hydroxyl groups is 1. The van der Waals surface area contributed by atoms with E-state index in [-0.39, 0.29) is 24.5 Å². The largest absolute Gasteiger partial charge is 0.396 e. The third-order valence-corrected chi connectivity index (χ3v) is 7.06. The van der Waals surface area contributed by atoms with Gasteiger partial charge in [0.25, 0.3) is 5.91 Å². The lowest BCUT2D eigenvalue weighted by Crippen LogP contribution is -2.54. The van der Waals surface area contributed by atoms with Crippen LogP contribution in [0.1, 0.15) is 62.0 Å². The number of nitrogens with zero attached hydrogens (tertiary/aromatic N) is 3. The SMILES string of the molecule is CNC(=O)C(N1C(=O)c2cc(-c3nc(NC4CCOCC4)ncc3Cl)ccc2C1CCO)C(C)(C)C. The summed E-state index contributed by atoms with van der Waals surface area (Å²) in [5.41, 5.74) is 1.95. The van der Waals surface area contributed by atoms with Crippen molar-refractivity contribution < 1.29 is 19.4 Å². The lowest BCUT2D eigenvalue weighted by Gasteiger charge is -2.39. The standard InChI is InChI=1S/C26H34ClN5O4/c1-26(2,3)22(23(34)28-4)32-20(7-10-33)17-6-5-15(13-18(17)24(32)35)21-19(27)14-29-25(31-21)30-16-8-11-36-12-9-16/h5-6,13-14,16,20,22,33H,7-12H2,1-4H3,(H,28,34)(H,29,30,31). The molecule has 0 bridgehead atoms. The highest BCUT2D eigenvalue weighted by atomic mass is 35.5. The zero-order valence-corrected chi connectivity index (χ0v) is 21.9. The number of likely N-dealkylation sites (N-methyl/N-ethyl adjacent to an activating group) is 1. The summed E-state index contributed by atoms with van der Waals surface area (Å²) in [4.78, 5) is 37.3. The van der Waals surface area contributed by atoms with Crippen molar-refractivity contribution in [2.75, 3.05) is 32.2 Å². The number of hydrogen-bond donors (Lipinski definition) is 3. The average molecular weight is 516 g/mol. The van der Waals surface area contributed by atoms with Crippen LogP contribution in [-0.2, 0) is 9.53 Å². The van der Waals surface area contributed by atoms with Crippen molar-refractivity contribution in [1.29, 1.82) is 0 Å². The second kappa shape index (κ2) is 10.7. The van der Waals surface area contributed by atoms with Gasteiger partial charge in [-0.1, -0.05) is 44.5 Å². The number of ether oxygens (including phenoxy) is 1. The first-order valence-corrected chi connectivity index (χ1v) is 12.7. The summed E-state index contributed by atoms with van der Waals surface area (Å²) in [5, 5.41) is 16.2. The van der Waals surface area contributed by atoms with E-state index < -0.39 is 17.5 Å². The summed E-state index contributed by atoms with van der Waals surface area (Å²) in [6.45, 7) is 7.07. The van der Waals surface area contributed by atoms with Gasteiger partial charge in [0.2, 0.25) is 11.9 Å². The first-order chi connectivity index (χ1) is 17.2. The molecule has 4 rings (SSSR count). The van der Waals surface area contributed by atoms with E-state index in [2.05, 4.69) is 20.6 Å². The number of halogens is 1. The molecule has 2 aliphatic heterocycles. The Morgan fingerprint density at radius 3 is 2.67 bits per heavy atom. The molecule has 0 aliphatic carbocycles. The van der Waals surface area contributed by atoms with E-state index in [4.69, 9.17) is 16.3 Å². The number of carbonyl (C=O) groups is 2. The first kappa shape index (κ1) is 26.3. The van der Waals surface area contributed by atoms with E-state index in [9.17, 15) is 14.7 Å². The Hall–Kier alpha value is -2.75. The number of anilines is 1. The second-order valence-electron chi connectivity index (χ2n) is 10.3. The molecule has 2 atom stereocenters.